The predicted molar refractivity (Wildman–Crippen MR) is 56.1 cm³/mol. The van der Waals surface area contributed by atoms with Crippen LogP contribution in [0, 0.1) is 6.57 Å². The molecule has 1 heterocycles. The fourth-order valence-electron chi connectivity index (χ4n) is 1.43. The molecule has 0 bridgehead atoms. The van der Waals surface area contributed by atoms with Crippen LogP contribution in [0.4, 0.5) is 0 Å². The van der Waals surface area contributed by atoms with Gasteiger partial charge in [0.05, 0.1) is 13.0 Å². The lowest BCUT2D eigenvalue weighted by atomic mass is 10.1. The maximum absolute atomic E-state index is 11.6. The van der Waals surface area contributed by atoms with Crippen molar-refractivity contribution in [1.82, 2.24) is 0 Å². The average Bonchev–Trinajstić information content (AvgIpc) is 2.27. The number of esters is 1. The molecule has 1 aliphatic heterocycles. The third kappa shape index (κ3) is 1.90. The maximum Gasteiger partial charge on any atom is 0.436 e. The fraction of sp³-hybridized carbons (Fsp3) is 0.333. The van der Waals surface area contributed by atoms with Crippen LogP contribution in [0.1, 0.15) is 12.0 Å². The molecular formula is C12H11NO3. The van der Waals surface area contributed by atoms with Gasteiger partial charge in [0.1, 0.15) is 6.61 Å². The molecule has 82 valence electrons. The van der Waals surface area contributed by atoms with E-state index >= 15 is 0 Å². The topological polar surface area (TPSA) is 39.9 Å². The fourth-order valence-corrected chi connectivity index (χ4v) is 1.43. The number of carbonyl (C=O) groups excluding carboxylic acids is 1. The van der Waals surface area contributed by atoms with Crippen molar-refractivity contribution in [3.8, 4) is 0 Å². The lowest BCUT2D eigenvalue weighted by Crippen LogP contribution is -2.48. The van der Waals surface area contributed by atoms with Crippen molar-refractivity contribution in [2.24, 2.45) is 0 Å². The normalized spacial score (nSPS) is 22.9. The summed E-state index contributed by atoms with van der Waals surface area (Å²) in [5, 5.41) is 0. The largest absolute Gasteiger partial charge is 0.453 e. The van der Waals surface area contributed by atoms with E-state index in [-0.39, 0.29) is 6.61 Å². The molecule has 2 rings (SSSR count). The summed E-state index contributed by atoms with van der Waals surface area (Å²) in [6, 6.07) is 9.35. The van der Waals surface area contributed by atoms with Gasteiger partial charge in [0.15, 0.2) is 0 Å². The van der Waals surface area contributed by atoms with E-state index in [1.807, 2.05) is 30.3 Å². The summed E-state index contributed by atoms with van der Waals surface area (Å²) in [5.41, 5.74) is -0.468. The number of rotatable bonds is 3. The summed E-state index contributed by atoms with van der Waals surface area (Å²) >= 11 is 0. The molecule has 1 aromatic carbocycles. The second kappa shape index (κ2) is 4.33. The molecule has 1 atom stereocenters. The van der Waals surface area contributed by atoms with Gasteiger partial charge in [0.25, 0.3) is 0 Å². The van der Waals surface area contributed by atoms with Crippen molar-refractivity contribution in [2.45, 2.75) is 18.8 Å². The molecule has 1 saturated heterocycles. The van der Waals surface area contributed by atoms with Gasteiger partial charge in [0, 0.05) is 0 Å². The van der Waals surface area contributed by atoms with E-state index in [1.54, 1.807) is 0 Å². The number of ether oxygens (including phenoxy) is 2. The molecule has 16 heavy (non-hydrogen) atoms. The molecular weight excluding hydrogens is 206 g/mol. The Morgan fingerprint density at radius 1 is 1.50 bits per heavy atom. The molecule has 4 heteroatoms. The Morgan fingerprint density at radius 2 is 2.19 bits per heavy atom. The average molecular weight is 217 g/mol. The van der Waals surface area contributed by atoms with Crippen molar-refractivity contribution in [2.75, 3.05) is 6.61 Å². The highest BCUT2D eigenvalue weighted by Gasteiger charge is 2.55. The van der Waals surface area contributed by atoms with Gasteiger partial charge < -0.3 is 4.74 Å². The Bertz CT molecular complexity index is 418. The molecule has 0 saturated carbocycles. The van der Waals surface area contributed by atoms with Gasteiger partial charge in [-0.15, -0.1) is 0 Å². The van der Waals surface area contributed by atoms with E-state index in [1.165, 1.54) is 0 Å². The van der Waals surface area contributed by atoms with Gasteiger partial charge in [0.2, 0.25) is 0 Å². The molecule has 0 amide bonds. The maximum atomic E-state index is 11.6. The van der Waals surface area contributed by atoms with Crippen molar-refractivity contribution in [1.29, 1.82) is 0 Å². The van der Waals surface area contributed by atoms with Gasteiger partial charge in [-0.1, -0.05) is 30.3 Å². The van der Waals surface area contributed by atoms with E-state index in [9.17, 15) is 4.79 Å². The quantitative estimate of drug-likeness (QED) is 0.572. The summed E-state index contributed by atoms with van der Waals surface area (Å²) < 4.78 is 10.0. The predicted octanol–water partition coefficient (Wildman–Crippen LogP) is 1.77. The molecule has 1 aliphatic rings. The summed E-state index contributed by atoms with van der Waals surface area (Å²) in [7, 11) is 0. The first kappa shape index (κ1) is 10.7. The van der Waals surface area contributed by atoms with Crippen LogP contribution < -0.4 is 0 Å². The third-order valence-corrected chi connectivity index (χ3v) is 2.49. The molecule has 4 nitrogen and oxygen atoms in total. The Balaban J connectivity index is 1.92. The minimum absolute atomic E-state index is 0.181. The molecule has 0 N–H and O–H groups in total. The SMILES string of the molecule is [C-]#[N+]C1(C(=O)OCc2ccccc2)CCO1. The van der Waals surface area contributed by atoms with Crippen LogP contribution in [-0.4, -0.2) is 18.3 Å². The number of benzene rings is 1. The van der Waals surface area contributed by atoms with Crippen molar-refractivity contribution in [3.63, 3.8) is 0 Å². The highest BCUT2D eigenvalue weighted by Crippen LogP contribution is 2.29. The molecule has 1 aromatic rings. The van der Waals surface area contributed by atoms with Gasteiger partial charge in [-0.05, 0) is 5.56 Å². The second-order valence-electron chi connectivity index (χ2n) is 3.56. The number of hydrogen-bond donors (Lipinski definition) is 0. The first-order valence-electron chi connectivity index (χ1n) is 5.00. The Kier molecular flexibility index (Phi) is 2.88. The van der Waals surface area contributed by atoms with Crippen LogP contribution in [0.25, 0.3) is 4.85 Å². The zero-order chi connectivity index (χ0) is 11.4. The van der Waals surface area contributed by atoms with Crippen molar-refractivity contribution < 1.29 is 14.3 Å². The molecule has 0 spiro atoms. The minimum Gasteiger partial charge on any atom is -0.453 e. The van der Waals surface area contributed by atoms with Crippen LogP contribution in [-0.2, 0) is 20.9 Å². The standard InChI is InChI=1S/C12H11NO3/c1-13-12(7-8-16-12)11(14)15-9-10-5-3-2-4-6-10/h2-6H,7-9H2. The monoisotopic (exact) mass is 217 g/mol. The lowest BCUT2D eigenvalue weighted by Gasteiger charge is -2.27. The Hall–Kier alpha value is -1.86. The van der Waals surface area contributed by atoms with Gasteiger partial charge >= 0.3 is 11.7 Å². The molecule has 0 aliphatic carbocycles. The minimum atomic E-state index is -1.37. The van der Waals surface area contributed by atoms with Crippen LogP contribution in [0.5, 0.6) is 0 Å². The molecule has 1 fully saturated rings. The van der Waals surface area contributed by atoms with Crippen LogP contribution in [0.3, 0.4) is 0 Å². The first-order chi connectivity index (χ1) is 7.77. The highest BCUT2D eigenvalue weighted by atomic mass is 16.6. The van der Waals surface area contributed by atoms with Crippen molar-refractivity contribution in [3.05, 3.63) is 47.3 Å². The van der Waals surface area contributed by atoms with Gasteiger partial charge in [-0.2, -0.15) is 0 Å². The number of carbonyl (C=O) groups is 1. The number of nitrogens with zero attached hydrogens (tertiary/aromatic N) is 1. The van der Waals surface area contributed by atoms with Crippen LogP contribution in [0.2, 0.25) is 0 Å². The van der Waals surface area contributed by atoms with Crippen molar-refractivity contribution >= 4 is 5.97 Å². The first-order valence-corrected chi connectivity index (χ1v) is 5.00. The third-order valence-electron chi connectivity index (χ3n) is 2.49. The summed E-state index contributed by atoms with van der Waals surface area (Å²) in [5.74, 6) is -0.586. The summed E-state index contributed by atoms with van der Waals surface area (Å²) in [4.78, 5) is 14.8. The van der Waals surface area contributed by atoms with E-state index < -0.39 is 11.7 Å². The molecule has 0 aromatic heterocycles. The highest BCUT2D eigenvalue weighted by molar-refractivity contribution is 5.82. The van der Waals surface area contributed by atoms with Gasteiger partial charge in [-0.3, -0.25) is 9.58 Å². The van der Waals surface area contributed by atoms with E-state index in [0.29, 0.717) is 13.0 Å². The second-order valence-corrected chi connectivity index (χ2v) is 3.56. The smallest absolute Gasteiger partial charge is 0.436 e. The zero-order valence-corrected chi connectivity index (χ0v) is 8.68. The summed E-state index contributed by atoms with van der Waals surface area (Å²) in [6.07, 6.45) is 0.421. The lowest BCUT2D eigenvalue weighted by molar-refractivity contribution is -0.189. The van der Waals surface area contributed by atoms with Crippen LogP contribution in [0.15, 0.2) is 30.3 Å². The molecule has 0 radical (unpaired) electrons. The number of hydrogen-bond acceptors (Lipinski definition) is 3. The van der Waals surface area contributed by atoms with E-state index in [2.05, 4.69) is 4.85 Å². The zero-order valence-electron chi connectivity index (χ0n) is 8.68. The Labute approximate surface area is 93.6 Å². The van der Waals surface area contributed by atoms with E-state index in [4.69, 9.17) is 16.0 Å². The van der Waals surface area contributed by atoms with Crippen LogP contribution >= 0.6 is 0 Å². The van der Waals surface area contributed by atoms with E-state index in [0.717, 1.165) is 5.56 Å². The van der Waals surface area contributed by atoms with Gasteiger partial charge in [-0.25, -0.2) is 11.4 Å². The Morgan fingerprint density at radius 3 is 2.69 bits per heavy atom. The summed E-state index contributed by atoms with van der Waals surface area (Å²) in [6.45, 7) is 7.55. The molecule has 1 unspecified atom stereocenters.